The molecule has 0 amide bonds. The SMILES string of the molecule is C/C(=C\c1ccc2c(c1)N(S(=O)(=O)c1cccc(C(F)(F)F)c1)CCN2CCN(C)C(C)(C)C(=O)O)c1c(F)cccc1Cl. The fourth-order valence-corrected chi connectivity index (χ4v) is 6.72. The van der Waals surface area contributed by atoms with Crippen molar-refractivity contribution >= 4 is 50.6 Å². The number of carboxylic acids is 1. The van der Waals surface area contributed by atoms with Crippen molar-refractivity contribution in [3.63, 3.8) is 0 Å². The molecular weight excluding hydrogens is 622 g/mol. The normalized spacial score (nSPS) is 14.6. The van der Waals surface area contributed by atoms with Gasteiger partial charge in [-0.2, -0.15) is 13.2 Å². The van der Waals surface area contributed by atoms with Crippen LogP contribution >= 0.6 is 11.6 Å². The van der Waals surface area contributed by atoms with Gasteiger partial charge >= 0.3 is 12.1 Å². The van der Waals surface area contributed by atoms with Gasteiger partial charge in [-0.1, -0.05) is 35.9 Å². The van der Waals surface area contributed by atoms with Crippen LogP contribution in [0.25, 0.3) is 11.6 Å². The minimum absolute atomic E-state index is 0.0804. The first kappa shape index (κ1) is 33.3. The molecular formula is C31H32ClF4N3O4S. The highest BCUT2D eigenvalue weighted by molar-refractivity contribution is 7.92. The van der Waals surface area contributed by atoms with Crippen molar-refractivity contribution in [2.24, 2.45) is 0 Å². The number of halogens is 5. The van der Waals surface area contributed by atoms with Crippen molar-refractivity contribution < 1.29 is 35.9 Å². The molecule has 0 fully saturated rings. The molecule has 0 saturated heterocycles. The highest BCUT2D eigenvalue weighted by Gasteiger charge is 2.36. The van der Waals surface area contributed by atoms with Crippen LogP contribution in [0.2, 0.25) is 5.02 Å². The van der Waals surface area contributed by atoms with Crippen LogP contribution in [-0.4, -0.2) is 63.2 Å². The molecule has 7 nitrogen and oxygen atoms in total. The molecule has 1 aliphatic rings. The van der Waals surface area contributed by atoms with Gasteiger partial charge in [-0.3, -0.25) is 14.0 Å². The quantitative estimate of drug-likeness (QED) is 0.201. The number of rotatable bonds is 9. The second kappa shape index (κ2) is 12.4. The van der Waals surface area contributed by atoms with Gasteiger partial charge in [0.05, 0.1) is 33.4 Å². The Bertz CT molecular complexity index is 1690. The molecule has 1 aliphatic heterocycles. The molecule has 0 spiro atoms. The minimum atomic E-state index is -4.73. The Morgan fingerprint density at radius 2 is 1.73 bits per heavy atom. The summed E-state index contributed by atoms with van der Waals surface area (Å²) in [6.45, 7) is 5.60. The number of nitrogens with zero attached hydrogens (tertiary/aromatic N) is 3. The zero-order chi connectivity index (χ0) is 32.6. The number of carbonyl (C=O) groups is 1. The summed E-state index contributed by atoms with van der Waals surface area (Å²) in [5.41, 5.74) is -0.359. The van der Waals surface area contributed by atoms with Crippen LogP contribution in [0.4, 0.5) is 28.9 Å². The summed E-state index contributed by atoms with van der Waals surface area (Å²) in [5.74, 6) is -1.53. The molecule has 0 unspecified atom stereocenters. The number of hydrogen-bond donors (Lipinski definition) is 1. The number of fused-ring (bicyclic) bond motifs is 1. The van der Waals surface area contributed by atoms with E-state index < -0.39 is 44.0 Å². The van der Waals surface area contributed by atoms with E-state index in [1.807, 2.05) is 4.90 Å². The third kappa shape index (κ3) is 6.72. The van der Waals surface area contributed by atoms with Gasteiger partial charge < -0.3 is 10.0 Å². The lowest BCUT2D eigenvalue weighted by molar-refractivity contribution is -0.148. The maximum atomic E-state index is 14.6. The van der Waals surface area contributed by atoms with E-state index in [0.717, 1.165) is 22.5 Å². The van der Waals surface area contributed by atoms with Crippen molar-refractivity contribution in [2.75, 3.05) is 42.4 Å². The third-order valence-corrected chi connectivity index (χ3v) is 9.98. The summed E-state index contributed by atoms with van der Waals surface area (Å²) >= 11 is 6.24. The van der Waals surface area contributed by atoms with Gasteiger partial charge in [0, 0.05) is 25.2 Å². The summed E-state index contributed by atoms with van der Waals surface area (Å²) in [6, 6.07) is 12.9. The Morgan fingerprint density at radius 1 is 1.05 bits per heavy atom. The fraction of sp³-hybridized carbons (Fsp3) is 0.323. The molecule has 44 heavy (non-hydrogen) atoms. The van der Waals surface area contributed by atoms with Gasteiger partial charge in [0.1, 0.15) is 11.4 Å². The molecule has 0 atom stereocenters. The lowest BCUT2D eigenvalue weighted by atomic mass is 10.0. The molecule has 236 valence electrons. The Hall–Kier alpha value is -3.61. The Labute approximate surface area is 259 Å². The van der Waals surface area contributed by atoms with Gasteiger partial charge in [-0.25, -0.2) is 12.8 Å². The molecule has 13 heteroatoms. The van der Waals surface area contributed by atoms with E-state index in [9.17, 15) is 35.9 Å². The topological polar surface area (TPSA) is 81.2 Å². The molecule has 1 N–H and O–H groups in total. The van der Waals surface area contributed by atoms with Crippen molar-refractivity contribution in [3.05, 3.63) is 88.2 Å². The first-order valence-electron chi connectivity index (χ1n) is 13.6. The van der Waals surface area contributed by atoms with Gasteiger partial charge in [0.2, 0.25) is 0 Å². The summed E-state index contributed by atoms with van der Waals surface area (Å²) in [4.78, 5) is 14.8. The molecule has 0 aliphatic carbocycles. The van der Waals surface area contributed by atoms with Crippen LogP contribution in [0, 0.1) is 5.82 Å². The van der Waals surface area contributed by atoms with Crippen molar-refractivity contribution in [2.45, 2.75) is 37.4 Å². The Balaban J connectivity index is 1.78. The number of sulfonamides is 1. The second-order valence-electron chi connectivity index (χ2n) is 11.0. The summed E-state index contributed by atoms with van der Waals surface area (Å²) < 4.78 is 83.7. The van der Waals surface area contributed by atoms with Crippen LogP contribution in [0.5, 0.6) is 0 Å². The fourth-order valence-electron chi connectivity index (χ4n) is 4.90. The molecule has 1 heterocycles. The highest BCUT2D eigenvalue weighted by Crippen LogP contribution is 2.39. The molecule has 0 saturated carbocycles. The monoisotopic (exact) mass is 653 g/mol. The smallest absolute Gasteiger partial charge is 0.416 e. The molecule has 0 aromatic heterocycles. The van der Waals surface area contributed by atoms with E-state index in [4.69, 9.17) is 11.6 Å². The van der Waals surface area contributed by atoms with Crippen molar-refractivity contribution in [3.8, 4) is 0 Å². The largest absolute Gasteiger partial charge is 0.480 e. The highest BCUT2D eigenvalue weighted by atomic mass is 35.5. The number of allylic oxidation sites excluding steroid dienone is 1. The number of alkyl halides is 3. The average Bonchev–Trinajstić information content (AvgIpc) is 2.94. The standard InChI is InChI=1S/C31H32ClF4N3O4S/c1-20(28-24(32)9-6-10-25(28)33)17-21-11-12-26-27(18-21)39(16-15-38(26)14-13-37(4)30(2,3)29(40)41)44(42,43)23-8-5-7-22(19-23)31(34,35)36/h5-12,17-19H,13-16H2,1-4H3,(H,40,41)/b20-17+. The first-order valence-corrected chi connectivity index (χ1v) is 15.4. The second-order valence-corrected chi connectivity index (χ2v) is 13.3. The van der Waals surface area contributed by atoms with E-state index in [2.05, 4.69) is 0 Å². The molecule has 3 aromatic rings. The van der Waals surface area contributed by atoms with E-state index in [1.54, 1.807) is 63.1 Å². The van der Waals surface area contributed by atoms with Crippen LogP contribution in [0.15, 0.2) is 65.6 Å². The predicted molar refractivity (Wildman–Crippen MR) is 164 cm³/mol. The van der Waals surface area contributed by atoms with Crippen LogP contribution in [0.1, 0.15) is 37.5 Å². The maximum Gasteiger partial charge on any atom is 0.416 e. The lowest BCUT2D eigenvalue weighted by Crippen LogP contribution is -2.52. The van der Waals surface area contributed by atoms with Crippen molar-refractivity contribution in [1.29, 1.82) is 0 Å². The van der Waals surface area contributed by atoms with Crippen molar-refractivity contribution in [1.82, 2.24) is 4.90 Å². The number of aliphatic carboxylic acids is 1. The predicted octanol–water partition coefficient (Wildman–Crippen LogP) is 6.87. The van der Waals surface area contributed by atoms with Crippen LogP contribution in [0.3, 0.4) is 0 Å². The van der Waals surface area contributed by atoms with Gasteiger partial charge in [0.25, 0.3) is 10.0 Å². The maximum absolute atomic E-state index is 14.6. The average molecular weight is 654 g/mol. The minimum Gasteiger partial charge on any atom is -0.480 e. The number of benzene rings is 3. The lowest BCUT2D eigenvalue weighted by Gasteiger charge is -2.40. The number of anilines is 2. The van der Waals surface area contributed by atoms with Gasteiger partial charge in [-0.05, 0) is 81.4 Å². The van der Waals surface area contributed by atoms with E-state index >= 15 is 0 Å². The molecule has 0 radical (unpaired) electrons. The zero-order valence-corrected chi connectivity index (χ0v) is 26.1. The molecule has 0 bridgehead atoms. The third-order valence-electron chi connectivity index (χ3n) is 7.85. The van der Waals surface area contributed by atoms with Crippen LogP contribution in [-0.2, 0) is 21.0 Å². The summed E-state index contributed by atoms with van der Waals surface area (Å²) in [5, 5.41) is 9.79. The summed E-state index contributed by atoms with van der Waals surface area (Å²) in [7, 11) is -2.77. The van der Waals surface area contributed by atoms with Crippen LogP contribution < -0.4 is 9.21 Å². The van der Waals surface area contributed by atoms with Gasteiger partial charge in [-0.15, -0.1) is 0 Å². The Kier molecular flexibility index (Phi) is 9.39. The van der Waals surface area contributed by atoms with Gasteiger partial charge in [0.15, 0.2) is 0 Å². The molecule has 4 rings (SSSR count). The number of carboxylic acid groups (broad SMARTS) is 1. The number of hydrogen-bond acceptors (Lipinski definition) is 5. The molecule has 3 aromatic carbocycles. The van der Waals surface area contributed by atoms with E-state index in [0.29, 0.717) is 36.0 Å². The zero-order valence-electron chi connectivity index (χ0n) is 24.5. The first-order chi connectivity index (χ1) is 20.4. The summed E-state index contributed by atoms with van der Waals surface area (Å²) in [6.07, 6.45) is -3.09. The number of likely N-dealkylation sites (N-methyl/N-ethyl adjacent to an activating group) is 1. The van der Waals surface area contributed by atoms with E-state index in [1.165, 1.54) is 12.1 Å². The Morgan fingerprint density at radius 3 is 2.36 bits per heavy atom. The van der Waals surface area contributed by atoms with E-state index in [-0.39, 0.29) is 29.4 Å².